The lowest BCUT2D eigenvalue weighted by atomic mass is 10.3. The predicted molar refractivity (Wildman–Crippen MR) is 108 cm³/mol. The molecule has 0 unspecified atom stereocenters. The van der Waals surface area contributed by atoms with E-state index < -0.39 is 0 Å². The molecule has 3 aromatic heterocycles. The zero-order chi connectivity index (χ0) is 18.8. The number of nitrogens with zero attached hydrogens (tertiary/aromatic N) is 4. The second-order valence-electron chi connectivity index (χ2n) is 7.18. The molecule has 3 heterocycles. The van der Waals surface area contributed by atoms with Crippen LogP contribution < -0.4 is 10.6 Å². The lowest BCUT2D eigenvalue weighted by molar-refractivity contribution is 0.0955. The SMILES string of the molecule is CN(C)CCNC(=O)c1ccc(-c2cnc3ccc(NCC4CC4)nn23)s1. The molecule has 7 nitrogen and oxygen atoms in total. The molecule has 0 aliphatic heterocycles. The highest BCUT2D eigenvalue weighted by molar-refractivity contribution is 7.17. The van der Waals surface area contributed by atoms with E-state index in [1.54, 1.807) is 0 Å². The van der Waals surface area contributed by atoms with E-state index in [9.17, 15) is 4.79 Å². The monoisotopic (exact) mass is 384 g/mol. The van der Waals surface area contributed by atoms with E-state index in [0.717, 1.165) is 41.0 Å². The van der Waals surface area contributed by atoms with Gasteiger partial charge in [0.1, 0.15) is 11.5 Å². The predicted octanol–water partition coefficient (Wildman–Crippen LogP) is 2.57. The fourth-order valence-electron chi connectivity index (χ4n) is 2.78. The summed E-state index contributed by atoms with van der Waals surface area (Å²) in [5.41, 5.74) is 1.70. The van der Waals surface area contributed by atoms with Crippen LogP contribution in [0.4, 0.5) is 5.82 Å². The third-order valence-corrected chi connectivity index (χ3v) is 5.66. The van der Waals surface area contributed by atoms with E-state index in [1.165, 1.54) is 24.2 Å². The minimum atomic E-state index is -0.0401. The van der Waals surface area contributed by atoms with Crippen molar-refractivity contribution >= 4 is 28.7 Å². The summed E-state index contributed by atoms with van der Waals surface area (Å²) >= 11 is 1.46. The Bertz CT molecular complexity index is 943. The lowest BCUT2D eigenvalue weighted by Crippen LogP contribution is -2.30. The molecule has 0 bridgehead atoms. The molecule has 0 radical (unpaired) electrons. The van der Waals surface area contributed by atoms with Gasteiger partial charge in [0.05, 0.1) is 16.0 Å². The summed E-state index contributed by atoms with van der Waals surface area (Å²) in [5, 5.41) is 11.0. The molecule has 4 rings (SSSR count). The first-order valence-electron chi connectivity index (χ1n) is 9.22. The van der Waals surface area contributed by atoms with Gasteiger partial charge in [-0.05, 0) is 57.1 Å². The summed E-state index contributed by atoms with van der Waals surface area (Å²) in [5.74, 6) is 1.60. The molecule has 2 N–H and O–H groups in total. The van der Waals surface area contributed by atoms with E-state index in [-0.39, 0.29) is 5.91 Å². The van der Waals surface area contributed by atoms with E-state index in [2.05, 4.69) is 20.7 Å². The van der Waals surface area contributed by atoms with Gasteiger partial charge in [-0.3, -0.25) is 4.79 Å². The number of aromatic nitrogens is 3. The highest BCUT2D eigenvalue weighted by Crippen LogP contribution is 2.30. The van der Waals surface area contributed by atoms with Crippen LogP contribution in [0.3, 0.4) is 0 Å². The van der Waals surface area contributed by atoms with Crippen molar-refractivity contribution in [2.45, 2.75) is 12.8 Å². The van der Waals surface area contributed by atoms with Crippen LogP contribution in [0.15, 0.2) is 30.5 Å². The maximum absolute atomic E-state index is 12.3. The molecule has 27 heavy (non-hydrogen) atoms. The molecule has 1 aliphatic rings. The van der Waals surface area contributed by atoms with Gasteiger partial charge < -0.3 is 15.5 Å². The number of hydrogen-bond acceptors (Lipinski definition) is 6. The van der Waals surface area contributed by atoms with Crippen LogP contribution in [0.25, 0.3) is 16.2 Å². The smallest absolute Gasteiger partial charge is 0.261 e. The van der Waals surface area contributed by atoms with Crippen LogP contribution in [-0.4, -0.2) is 59.1 Å². The van der Waals surface area contributed by atoms with Crippen LogP contribution in [-0.2, 0) is 0 Å². The minimum absolute atomic E-state index is 0.0401. The number of anilines is 1. The first kappa shape index (κ1) is 17.9. The number of nitrogens with one attached hydrogen (secondary N) is 2. The topological polar surface area (TPSA) is 74.6 Å². The number of rotatable bonds is 8. The molecule has 1 fully saturated rings. The molecule has 3 aromatic rings. The van der Waals surface area contributed by atoms with Crippen molar-refractivity contribution in [3.63, 3.8) is 0 Å². The van der Waals surface area contributed by atoms with Crippen LogP contribution in [0.5, 0.6) is 0 Å². The van der Waals surface area contributed by atoms with Crippen molar-refractivity contribution in [3.05, 3.63) is 35.3 Å². The molecule has 1 amide bonds. The third-order valence-electron chi connectivity index (χ3n) is 4.56. The number of amides is 1. The fourth-order valence-corrected chi connectivity index (χ4v) is 3.70. The molecule has 0 atom stereocenters. The molecule has 142 valence electrons. The highest BCUT2D eigenvalue weighted by atomic mass is 32.1. The Hall–Kier alpha value is -2.45. The number of carbonyl (C=O) groups excluding carboxylic acids is 1. The fraction of sp³-hybridized carbons (Fsp3) is 0.421. The van der Waals surface area contributed by atoms with Gasteiger partial charge in [-0.2, -0.15) is 0 Å². The summed E-state index contributed by atoms with van der Waals surface area (Å²) in [4.78, 5) is 20.5. The van der Waals surface area contributed by atoms with Crippen LogP contribution in [0, 0.1) is 5.92 Å². The molecular weight excluding hydrogens is 360 g/mol. The summed E-state index contributed by atoms with van der Waals surface area (Å²) in [6.45, 7) is 2.42. The van der Waals surface area contributed by atoms with Gasteiger partial charge in [0.15, 0.2) is 5.65 Å². The normalized spacial score (nSPS) is 14.0. The zero-order valence-corrected chi connectivity index (χ0v) is 16.4. The standard InChI is InChI=1S/C19H24N6OS/c1-24(2)10-9-20-19(26)16-6-5-15(27-16)14-12-22-18-8-7-17(23-25(14)18)21-11-13-3-4-13/h5-8,12-13H,3-4,9-11H2,1-2H3,(H,20,26)(H,21,23). The number of hydrogen-bond donors (Lipinski definition) is 2. The van der Waals surface area contributed by atoms with Crippen LogP contribution >= 0.6 is 11.3 Å². The van der Waals surface area contributed by atoms with Crippen LogP contribution in [0.2, 0.25) is 0 Å². The largest absolute Gasteiger partial charge is 0.368 e. The lowest BCUT2D eigenvalue weighted by Gasteiger charge is -2.09. The van der Waals surface area contributed by atoms with Crippen molar-refractivity contribution in [1.29, 1.82) is 0 Å². The third kappa shape index (κ3) is 4.28. The van der Waals surface area contributed by atoms with Gasteiger partial charge in [0, 0.05) is 19.6 Å². The van der Waals surface area contributed by atoms with Gasteiger partial charge in [-0.1, -0.05) is 0 Å². The number of carbonyl (C=O) groups is 1. The number of likely N-dealkylation sites (N-methyl/N-ethyl adjacent to an activating group) is 1. The average molecular weight is 385 g/mol. The molecule has 0 aromatic carbocycles. The van der Waals surface area contributed by atoms with Gasteiger partial charge in [0.25, 0.3) is 5.91 Å². The quantitative estimate of drug-likeness (QED) is 0.624. The van der Waals surface area contributed by atoms with Crippen molar-refractivity contribution in [1.82, 2.24) is 24.8 Å². The molecule has 1 saturated carbocycles. The Kier molecular flexibility index (Phi) is 5.09. The Balaban J connectivity index is 1.50. The van der Waals surface area contributed by atoms with Crippen molar-refractivity contribution in [2.24, 2.45) is 5.92 Å². The molecule has 8 heteroatoms. The Morgan fingerprint density at radius 1 is 1.30 bits per heavy atom. The van der Waals surface area contributed by atoms with E-state index in [4.69, 9.17) is 0 Å². The summed E-state index contributed by atoms with van der Waals surface area (Å²) in [6.07, 6.45) is 4.42. The minimum Gasteiger partial charge on any atom is -0.368 e. The van der Waals surface area contributed by atoms with Crippen molar-refractivity contribution < 1.29 is 4.79 Å². The summed E-state index contributed by atoms with van der Waals surface area (Å²) in [7, 11) is 3.97. The van der Waals surface area contributed by atoms with Crippen molar-refractivity contribution in [2.75, 3.05) is 39.0 Å². The average Bonchev–Trinajstić information content (AvgIpc) is 3.18. The molecule has 0 spiro atoms. The molecule has 1 aliphatic carbocycles. The van der Waals surface area contributed by atoms with Gasteiger partial charge >= 0.3 is 0 Å². The Morgan fingerprint density at radius 3 is 2.93 bits per heavy atom. The second-order valence-corrected chi connectivity index (χ2v) is 8.26. The van der Waals surface area contributed by atoms with E-state index >= 15 is 0 Å². The van der Waals surface area contributed by atoms with E-state index in [1.807, 2.05) is 54.0 Å². The maximum atomic E-state index is 12.3. The highest BCUT2D eigenvalue weighted by Gasteiger charge is 2.21. The first-order valence-corrected chi connectivity index (χ1v) is 10.0. The second kappa shape index (κ2) is 7.66. The number of fused-ring (bicyclic) bond motifs is 1. The van der Waals surface area contributed by atoms with Crippen LogP contribution in [0.1, 0.15) is 22.5 Å². The maximum Gasteiger partial charge on any atom is 0.261 e. The Labute approximate surface area is 162 Å². The number of imidazole rings is 1. The van der Waals surface area contributed by atoms with Gasteiger partial charge in [-0.15, -0.1) is 16.4 Å². The zero-order valence-electron chi connectivity index (χ0n) is 15.6. The van der Waals surface area contributed by atoms with Crippen molar-refractivity contribution in [3.8, 4) is 10.6 Å². The van der Waals surface area contributed by atoms with Gasteiger partial charge in [0.2, 0.25) is 0 Å². The molecule has 0 saturated heterocycles. The first-order chi connectivity index (χ1) is 13.1. The van der Waals surface area contributed by atoms with Gasteiger partial charge in [-0.25, -0.2) is 9.50 Å². The molecular formula is C19H24N6OS. The summed E-state index contributed by atoms with van der Waals surface area (Å²) < 4.78 is 1.84. The Morgan fingerprint density at radius 2 is 2.15 bits per heavy atom. The number of thiophene rings is 1. The van der Waals surface area contributed by atoms with E-state index in [0.29, 0.717) is 11.4 Å². The summed E-state index contributed by atoms with van der Waals surface area (Å²) in [6, 6.07) is 7.75.